The quantitative estimate of drug-likeness (QED) is 0.848. The van der Waals surface area contributed by atoms with Crippen molar-refractivity contribution in [3.63, 3.8) is 0 Å². The van der Waals surface area contributed by atoms with Crippen LogP contribution < -0.4 is 10.2 Å². The van der Waals surface area contributed by atoms with Crippen molar-refractivity contribution >= 4 is 5.69 Å². The third-order valence-corrected chi connectivity index (χ3v) is 3.38. The SMILES string of the molecule is Cc1cccc(N(C)CCn2cc(CNC(C)C)nn2)c1. The Kier molecular flexibility index (Phi) is 5.33. The zero-order valence-electron chi connectivity index (χ0n) is 13.4. The second kappa shape index (κ2) is 7.22. The van der Waals surface area contributed by atoms with E-state index in [1.165, 1.54) is 11.3 Å². The Balaban J connectivity index is 1.85. The second-order valence-electron chi connectivity index (χ2n) is 5.77. The van der Waals surface area contributed by atoms with Gasteiger partial charge in [0.15, 0.2) is 0 Å². The van der Waals surface area contributed by atoms with Crippen molar-refractivity contribution < 1.29 is 0 Å². The molecular weight excluding hydrogens is 262 g/mol. The highest BCUT2D eigenvalue weighted by molar-refractivity contribution is 5.47. The molecule has 0 unspecified atom stereocenters. The lowest BCUT2D eigenvalue weighted by molar-refractivity contribution is 0.579. The smallest absolute Gasteiger partial charge is 0.0964 e. The van der Waals surface area contributed by atoms with Gasteiger partial charge < -0.3 is 10.2 Å². The van der Waals surface area contributed by atoms with Crippen LogP contribution in [0.4, 0.5) is 5.69 Å². The second-order valence-corrected chi connectivity index (χ2v) is 5.77. The van der Waals surface area contributed by atoms with Crippen LogP contribution in [-0.2, 0) is 13.1 Å². The highest BCUT2D eigenvalue weighted by Crippen LogP contribution is 2.13. The minimum absolute atomic E-state index is 0.461. The van der Waals surface area contributed by atoms with Crippen LogP contribution in [0.15, 0.2) is 30.5 Å². The number of rotatable bonds is 7. The fourth-order valence-corrected chi connectivity index (χ4v) is 2.08. The Bertz CT molecular complexity index is 561. The fraction of sp³-hybridized carbons (Fsp3) is 0.500. The third-order valence-electron chi connectivity index (χ3n) is 3.38. The van der Waals surface area contributed by atoms with Crippen molar-refractivity contribution in [1.29, 1.82) is 0 Å². The normalized spacial score (nSPS) is 11.1. The minimum Gasteiger partial charge on any atom is -0.373 e. The highest BCUT2D eigenvalue weighted by atomic mass is 15.4. The molecule has 114 valence electrons. The standard InChI is InChI=1S/C16H25N5/c1-13(2)17-11-15-12-21(19-18-15)9-8-20(4)16-7-5-6-14(3)10-16/h5-7,10,12-13,17H,8-9,11H2,1-4H3. The van der Waals surface area contributed by atoms with E-state index in [9.17, 15) is 0 Å². The Morgan fingerprint density at radius 2 is 2.14 bits per heavy atom. The highest BCUT2D eigenvalue weighted by Gasteiger charge is 2.04. The van der Waals surface area contributed by atoms with Crippen molar-refractivity contribution in [3.8, 4) is 0 Å². The maximum Gasteiger partial charge on any atom is 0.0964 e. The molecule has 0 saturated heterocycles. The van der Waals surface area contributed by atoms with E-state index in [0.29, 0.717) is 6.04 Å². The van der Waals surface area contributed by atoms with Gasteiger partial charge in [-0.2, -0.15) is 0 Å². The van der Waals surface area contributed by atoms with Crippen LogP contribution in [0.5, 0.6) is 0 Å². The average Bonchev–Trinajstić information content (AvgIpc) is 2.90. The first-order valence-corrected chi connectivity index (χ1v) is 7.45. The molecule has 2 aromatic rings. The molecule has 21 heavy (non-hydrogen) atoms. The van der Waals surface area contributed by atoms with E-state index in [-0.39, 0.29) is 0 Å². The van der Waals surface area contributed by atoms with Crippen LogP contribution in [0.2, 0.25) is 0 Å². The van der Waals surface area contributed by atoms with E-state index >= 15 is 0 Å². The molecule has 0 atom stereocenters. The Labute approximate surface area is 127 Å². The van der Waals surface area contributed by atoms with Crippen LogP contribution in [-0.4, -0.2) is 34.6 Å². The molecule has 5 nitrogen and oxygen atoms in total. The van der Waals surface area contributed by atoms with Gasteiger partial charge in [-0.25, -0.2) is 0 Å². The molecule has 0 bridgehead atoms. The minimum atomic E-state index is 0.461. The Morgan fingerprint density at radius 1 is 1.33 bits per heavy atom. The molecule has 1 heterocycles. The van der Waals surface area contributed by atoms with Crippen LogP contribution in [0, 0.1) is 6.92 Å². The number of aryl methyl sites for hydroxylation is 1. The van der Waals surface area contributed by atoms with Crippen molar-refractivity contribution in [2.75, 3.05) is 18.5 Å². The summed E-state index contributed by atoms with van der Waals surface area (Å²) in [6.45, 7) is 8.87. The summed E-state index contributed by atoms with van der Waals surface area (Å²) in [4.78, 5) is 2.24. The molecule has 0 spiro atoms. The van der Waals surface area contributed by atoms with Crippen LogP contribution in [0.25, 0.3) is 0 Å². The third kappa shape index (κ3) is 4.86. The fourth-order valence-electron chi connectivity index (χ4n) is 2.08. The molecule has 0 radical (unpaired) electrons. The number of nitrogens with one attached hydrogen (secondary N) is 1. The van der Waals surface area contributed by atoms with Gasteiger partial charge >= 0.3 is 0 Å². The summed E-state index contributed by atoms with van der Waals surface area (Å²) < 4.78 is 1.91. The summed E-state index contributed by atoms with van der Waals surface area (Å²) in [7, 11) is 2.10. The van der Waals surface area contributed by atoms with Gasteiger partial charge in [-0.1, -0.05) is 31.2 Å². The molecule has 0 fully saturated rings. The first-order chi connectivity index (χ1) is 10.0. The zero-order chi connectivity index (χ0) is 15.2. The molecule has 1 N–H and O–H groups in total. The van der Waals surface area contributed by atoms with Crippen molar-refractivity contribution in [1.82, 2.24) is 20.3 Å². The lowest BCUT2D eigenvalue weighted by atomic mass is 10.2. The lowest BCUT2D eigenvalue weighted by Crippen LogP contribution is -2.23. The van der Waals surface area contributed by atoms with Crippen molar-refractivity contribution in [2.24, 2.45) is 0 Å². The van der Waals surface area contributed by atoms with Gasteiger partial charge in [-0.05, 0) is 24.6 Å². The van der Waals surface area contributed by atoms with E-state index in [4.69, 9.17) is 0 Å². The molecule has 0 saturated carbocycles. The van der Waals surface area contributed by atoms with Gasteiger partial charge in [0.25, 0.3) is 0 Å². The molecular formula is C16H25N5. The Morgan fingerprint density at radius 3 is 2.86 bits per heavy atom. The van der Waals surface area contributed by atoms with Gasteiger partial charge in [-0.3, -0.25) is 4.68 Å². The molecule has 1 aromatic heterocycles. The first kappa shape index (κ1) is 15.5. The number of likely N-dealkylation sites (N-methyl/N-ethyl adjacent to an activating group) is 1. The molecule has 0 amide bonds. The maximum atomic E-state index is 4.18. The van der Waals surface area contributed by atoms with Gasteiger partial charge in [0.05, 0.1) is 12.2 Å². The molecule has 1 aromatic carbocycles. The molecule has 0 aliphatic heterocycles. The van der Waals surface area contributed by atoms with Gasteiger partial charge in [0.2, 0.25) is 0 Å². The Hall–Kier alpha value is -1.88. The number of aromatic nitrogens is 3. The first-order valence-electron chi connectivity index (χ1n) is 7.45. The van der Waals surface area contributed by atoms with Crippen molar-refractivity contribution in [3.05, 3.63) is 41.7 Å². The van der Waals surface area contributed by atoms with Crippen LogP contribution in [0.3, 0.4) is 0 Å². The molecule has 0 aliphatic carbocycles. The van der Waals surface area contributed by atoms with E-state index in [0.717, 1.165) is 25.3 Å². The summed E-state index contributed by atoms with van der Waals surface area (Å²) >= 11 is 0. The predicted molar refractivity (Wildman–Crippen MR) is 86.4 cm³/mol. The van der Waals surface area contributed by atoms with E-state index in [1.807, 2.05) is 10.9 Å². The number of hydrogen-bond acceptors (Lipinski definition) is 4. The summed E-state index contributed by atoms with van der Waals surface area (Å²) in [6, 6.07) is 8.99. The van der Waals surface area contributed by atoms with Gasteiger partial charge in [0, 0.05) is 38.1 Å². The van der Waals surface area contributed by atoms with E-state index < -0.39 is 0 Å². The van der Waals surface area contributed by atoms with Gasteiger partial charge in [0.1, 0.15) is 0 Å². The van der Waals surface area contributed by atoms with E-state index in [2.05, 4.69) is 72.6 Å². The number of anilines is 1. The van der Waals surface area contributed by atoms with Gasteiger partial charge in [-0.15, -0.1) is 5.10 Å². The molecule has 5 heteroatoms. The molecule has 0 aliphatic rings. The number of hydrogen-bond donors (Lipinski definition) is 1. The lowest BCUT2D eigenvalue weighted by Gasteiger charge is -2.19. The summed E-state index contributed by atoms with van der Waals surface area (Å²) in [5.41, 5.74) is 3.50. The monoisotopic (exact) mass is 287 g/mol. The van der Waals surface area contributed by atoms with E-state index in [1.54, 1.807) is 0 Å². The van der Waals surface area contributed by atoms with Crippen LogP contribution in [0.1, 0.15) is 25.1 Å². The summed E-state index contributed by atoms with van der Waals surface area (Å²) in [5, 5.41) is 11.7. The average molecular weight is 287 g/mol. The topological polar surface area (TPSA) is 46.0 Å². The summed E-state index contributed by atoms with van der Waals surface area (Å²) in [5.74, 6) is 0. The predicted octanol–water partition coefficient (Wildman–Crippen LogP) is 2.22. The largest absolute Gasteiger partial charge is 0.373 e. The summed E-state index contributed by atoms with van der Waals surface area (Å²) in [6.07, 6.45) is 2.01. The molecule has 2 rings (SSSR count). The van der Waals surface area contributed by atoms with Crippen molar-refractivity contribution in [2.45, 2.75) is 39.9 Å². The number of nitrogens with zero attached hydrogens (tertiary/aromatic N) is 4. The van der Waals surface area contributed by atoms with Crippen LogP contribution >= 0.6 is 0 Å². The maximum absolute atomic E-state index is 4.18. The zero-order valence-corrected chi connectivity index (χ0v) is 13.4. The number of benzene rings is 1.